The number of sulfonamides is 1. The standard InChI is InChI=1S/C43H57N7O9S/c1-4-30-24-43(30)40(53)47-60(56,57)37-18-12-11-16-34(37)44-21-13-7-5-6-8-17-35(45-41(54)58-32-14-9-10-15-32)39(52)50-27-33(23-36(50)38(51)46-43)59-42(55)49-25-28-19-20-31(48(2)3)22-29(28)26-49/h4,11-12,16,18-20,22,30,32-33,35-36,44H,1,5-10,13-15,17,21,23-27H2,2-3H3,(H,45,54)(H,46,51)(H,47,53)/t30-,33-,35+,36+,43-/m1/s1. The van der Waals surface area contributed by atoms with E-state index in [9.17, 15) is 32.4 Å². The summed E-state index contributed by atoms with van der Waals surface area (Å²) in [5, 5.41) is 8.77. The Morgan fingerprint density at radius 2 is 1.63 bits per heavy atom. The van der Waals surface area contributed by atoms with Gasteiger partial charge >= 0.3 is 12.2 Å². The molecule has 2 aromatic rings. The Balaban J connectivity index is 1.15. The Morgan fingerprint density at radius 3 is 2.38 bits per heavy atom. The first kappa shape index (κ1) is 42.8. The first-order valence-corrected chi connectivity index (χ1v) is 22.6. The summed E-state index contributed by atoms with van der Waals surface area (Å²) >= 11 is 0. The van der Waals surface area contributed by atoms with Gasteiger partial charge in [-0.25, -0.2) is 22.7 Å². The van der Waals surface area contributed by atoms with Crippen molar-refractivity contribution < 1.29 is 41.9 Å². The molecule has 16 nitrogen and oxygen atoms in total. The van der Waals surface area contributed by atoms with Crippen LogP contribution >= 0.6 is 0 Å². The van der Waals surface area contributed by atoms with Crippen LogP contribution in [0.25, 0.3) is 0 Å². The van der Waals surface area contributed by atoms with Crippen molar-refractivity contribution in [1.29, 1.82) is 0 Å². The number of carbonyl (C=O) groups excluding carboxylic acids is 5. The van der Waals surface area contributed by atoms with Crippen LogP contribution < -0.4 is 25.6 Å². The number of para-hydroxylation sites is 1. The minimum atomic E-state index is -4.40. The van der Waals surface area contributed by atoms with E-state index >= 15 is 0 Å². The SMILES string of the molecule is C=C[C@@H]1C[C@@]12NC(=O)[C@@H]1C[C@@H](OC(=O)N3Cc4ccc(N(C)C)cc4C3)CN1C(=O)[C@@H](NC(=O)OC1CCCC1)CCCCCCCNc1ccccc1S(=O)(=O)NC2=O. The highest BCUT2D eigenvalue weighted by molar-refractivity contribution is 7.90. The number of benzene rings is 2. The lowest BCUT2D eigenvalue weighted by Crippen LogP contribution is -2.58. The molecule has 0 aromatic heterocycles. The first-order chi connectivity index (χ1) is 28.8. The van der Waals surface area contributed by atoms with Gasteiger partial charge in [0.25, 0.3) is 15.9 Å². The van der Waals surface area contributed by atoms with Crippen LogP contribution in [0, 0.1) is 5.92 Å². The van der Waals surface area contributed by atoms with E-state index in [2.05, 4.69) is 27.3 Å². The smallest absolute Gasteiger partial charge is 0.410 e. The fourth-order valence-electron chi connectivity index (χ4n) is 8.85. The number of fused-ring (bicyclic) bond motifs is 3. The Labute approximate surface area is 351 Å². The monoisotopic (exact) mass is 847 g/mol. The van der Waals surface area contributed by atoms with Gasteiger partial charge in [0, 0.05) is 51.8 Å². The van der Waals surface area contributed by atoms with E-state index in [1.807, 2.05) is 37.2 Å². The van der Waals surface area contributed by atoms with Crippen LogP contribution in [-0.4, -0.2) is 105 Å². The number of hydrogen-bond donors (Lipinski definition) is 4. The Kier molecular flexibility index (Phi) is 12.9. The van der Waals surface area contributed by atoms with Crippen molar-refractivity contribution in [1.82, 2.24) is 25.2 Å². The second kappa shape index (κ2) is 18.1. The van der Waals surface area contributed by atoms with Crippen molar-refractivity contribution >= 4 is 51.3 Å². The van der Waals surface area contributed by atoms with Gasteiger partial charge in [0.05, 0.1) is 12.2 Å². The molecule has 3 heterocycles. The third kappa shape index (κ3) is 9.50. The molecule has 324 valence electrons. The highest BCUT2D eigenvalue weighted by Gasteiger charge is 2.61. The molecular weight excluding hydrogens is 791 g/mol. The van der Waals surface area contributed by atoms with Crippen molar-refractivity contribution in [3.8, 4) is 0 Å². The fourth-order valence-corrected chi connectivity index (χ4v) is 10.1. The number of amides is 5. The summed E-state index contributed by atoms with van der Waals surface area (Å²) in [6.45, 7) is 4.81. The van der Waals surface area contributed by atoms with E-state index < -0.39 is 69.6 Å². The summed E-state index contributed by atoms with van der Waals surface area (Å²) in [6.07, 6.45) is 6.39. The van der Waals surface area contributed by atoms with Crippen LogP contribution in [-0.2, 0) is 47.0 Å². The lowest BCUT2D eigenvalue weighted by Gasteiger charge is -2.30. The van der Waals surface area contributed by atoms with E-state index in [-0.39, 0.29) is 36.8 Å². The molecule has 17 heteroatoms. The van der Waals surface area contributed by atoms with Crippen molar-refractivity contribution in [2.24, 2.45) is 5.92 Å². The van der Waals surface area contributed by atoms with Gasteiger partial charge in [-0.15, -0.1) is 6.58 Å². The van der Waals surface area contributed by atoms with Crippen molar-refractivity contribution in [3.63, 3.8) is 0 Å². The van der Waals surface area contributed by atoms with Crippen LogP contribution in [0.5, 0.6) is 0 Å². The zero-order valence-corrected chi connectivity index (χ0v) is 35.3. The minimum absolute atomic E-state index is 0.0742. The molecule has 4 N–H and O–H groups in total. The number of alkyl carbamates (subject to hydrolysis) is 1. The van der Waals surface area contributed by atoms with E-state index in [1.54, 1.807) is 23.1 Å². The summed E-state index contributed by atoms with van der Waals surface area (Å²) < 4.78 is 41.4. The van der Waals surface area contributed by atoms with E-state index in [1.165, 1.54) is 17.0 Å². The topological polar surface area (TPSA) is 196 Å². The molecular formula is C43H57N7O9S. The summed E-state index contributed by atoms with van der Waals surface area (Å²) in [5.41, 5.74) is 1.65. The molecule has 7 rings (SSSR count). The molecule has 5 atom stereocenters. The molecule has 60 heavy (non-hydrogen) atoms. The first-order valence-electron chi connectivity index (χ1n) is 21.1. The molecule has 2 aliphatic carbocycles. The Morgan fingerprint density at radius 1 is 0.917 bits per heavy atom. The van der Waals surface area contributed by atoms with E-state index in [0.717, 1.165) is 68.2 Å². The number of ether oxygens (including phenoxy) is 2. The van der Waals surface area contributed by atoms with Crippen molar-refractivity contribution in [3.05, 3.63) is 66.2 Å². The number of rotatable bonds is 5. The third-order valence-corrected chi connectivity index (χ3v) is 13.8. The predicted octanol–water partition coefficient (Wildman–Crippen LogP) is 4.54. The lowest BCUT2D eigenvalue weighted by atomic mass is 10.0. The average Bonchev–Trinajstić information content (AvgIpc) is 3.61. The second-order valence-electron chi connectivity index (χ2n) is 16.9. The maximum Gasteiger partial charge on any atom is 0.410 e. The molecule has 5 amide bonds. The van der Waals surface area contributed by atoms with E-state index in [4.69, 9.17) is 9.47 Å². The van der Waals surface area contributed by atoms with Gasteiger partial charge in [0.15, 0.2) is 0 Å². The summed E-state index contributed by atoms with van der Waals surface area (Å²) in [4.78, 5) is 74.8. The summed E-state index contributed by atoms with van der Waals surface area (Å²) in [5.74, 6) is -2.82. The number of carbonyl (C=O) groups is 5. The van der Waals surface area contributed by atoms with Gasteiger partial charge in [-0.05, 0) is 80.3 Å². The van der Waals surface area contributed by atoms with Crippen LogP contribution in [0.2, 0.25) is 0 Å². The van der Waals surface area contributed by atoms with Crippen LogP contribution in [0.1, 0.15) is 88.2 Å². The average molecular weight is 848 g/mol. The van der Waals surface area contributed by atoms with E-state index in [0.29, 0.717) is 31.7 Å². The second-order valence-corrected chi connectivity index (χ2v) is 18.5. The van der Waals surface area contributed by atoms with Crippen LogP contribution in [0.15, 0.2) is 60.0 Å². The van der Waals surface area contributed by atoms with Crippen LogP contribution in [0.3, 0.4) is 0 Å². The lowest BCUT2D eigenvalue weighted by molar-refractivity contribution is -0.141. The highest BCUT2D eigenvalue weighted by Crippen LogP contribution is 2.45. The Bertz CT molecular complexity index is 2090. The predicted molar refractivity (Wildman–Crippen MR) is 223 cm³/mol. The number of nitrogens with one attached hydrogen (secondary N) is 4. The van der Waals surface area contributed by atoms with Crippen molar-refractivity contribution in [2.75, 3.05) is 37.4 Å². The maximum atomic E-state index is 14.6. The largest absolute Gasteiger partial charge is 0.446 e. The van der Waals surface area contributed by atoms with Crippen molar-refractivity contribution in [2.45, 2.75) is 125 Å². The number of hydrogen-bond acceptors (Lipinski definition) is 11. The third-order valence-electron chi connectivity index (χ3n) is 12.4. The molecule has 1 spiro atoms. The van der Waals surface area contributed by atoms with Crippen LogP contribution in [0.4, 0.5) is 21.0 Å². The van der Waals surface area contributed by atoms with Gasteiger partial charge in [0.1, 0.15) is 34.7 Å². The highest BCUT2D eigenvalue weighted by atomic mass is 32.2. The summed E-state index contributed by atoms with van der Waals surface area (Å²) in [7, 11) is -0.519. The number of nitrogens with zero attached hydrogens (tertiary/aromatic N) is 3. The zero-order valence-electron chi connectivity index (χ0n) is 34.5. The molecule has 1 saturated heterocycles. The molecule has 0 unspecified atom stereocenters. The molecule has 0 bridgehead atoms. The van der Waals surface area contributed by atoms with Gasteiger partial charge in [-0.3, -0.25) is 19.3 Å². The normalized spacial score (nSPS) is 27.3. The fraction of sp³-hybridized carbons (Fsp3) is 0.558. The molecule has 3 fully saturated rings. The molecule has 5 aliphatic rings. The summed E-state index contributed by atoms with van der Waals surface area (Å²) in [6, 6.07) is 10.0. The van der Waals surface area contributed by atoms with Gasteiger partial charge in [0.2, 0.25) is 11.8 Å². The van der Waals surface area contributed by atoms with Gasteiger partial charge < -0.3 is 35.2 Å². The minimum Gasteiger partial charge on any atom is -0.446 e. The van der Waals surface area contributed by atoms with Gasteiger partial charge in [-0.1, -0.05) is 50.0 Å². The quantitative estimate of drug-likeness (QED) is 0.309. The molecule has 2 aromatic carbocycles. The molecule has 2 saturated carbocycles. The maximum absolute atomic E-state index is 14.6. The Hall–Kier alpha value is -5.32. The zero-order chi connectivity index (χ0) is 42.6. The number of anilines is 2. The molecule has 0 radical (unpaired) electrons. The molecule has 3 aliphatic heterocycles. The van der Waals surface area contributed by atoms with Gasteiger partial charge in [-0.2, -0.15) is 0 Å².